The Morgan fingerprint density at radius 3 is 2.38 bits per heavy atom. The Labute approximate surface area is 190 Å². The number of carbonyl (C=O) groups excluding carboxylic acids is 2. The van der Waals surface area contributed by atoms with Gasteiger partial charge in [-0.1, -0.05) is 67.6 Å². The summed E-state index contributed by atoms with van der Waals surface area (Å²) in [6, 6.07) is 21.1. The van der Waals surface area contributed by atoms with Crippen molar-refractivity contribution in [2.24, 2.45) is 0 Å². The molecule has 0 radical (unpaired) electrons. The number of fused-ring (bicyclic) bond motifs is 1. The van der Waals surface area contributed by atoms with Gasteiger partial charge in [-0.25, -0.2) is 0 Å². The van der Waals surface area contributed by atoms with E-state index in [-0.39, 0.29) is 24.5 Å². The molecule has 0 aliphatic heterocycles. The van der Waals surface area contributed by atoms with Crippen LogP contribution < -0.4 is 10.1 Å². The third-order valence-electron chi connectivity index (χ3n) is 5.52. The Bertz CT molecular complexity index is 1070. The van der Waals surface area contributed by atoms with Crippen molar-refractivity contribution in [3.05, 3.63) is 77.9 Å². The van der Waals surface area contributed by atoms with Crippen molar-refractivity contribution in [1.82, 2.24) is 10.2 Å². The lowest BCUT2D eigenvalue weighted by atomic mass is 10.1. The topological polar surface area (TPSA) is 58.6 Å². The molecule has 0 fully saturated rings. The quantitative estimate of drug-likeness (QED) is 0.525. The first-order chi connectivity index (χ1) is 15.4. The van der Waals surface area contributed by atoms with E-state index in [1.807, 2.05) is 94.4 Å². The van der Waals surface area contributed by atoms with Crippen molar-refractivity contribution in [1.29, 1.82) is 0 Å². The van der Waals surface area contributed by atoms with E-state index < -0.39 is 6.04 Å². The minimum absolute atomic E-state index is 0.00102. The van der Waals surface area contributed by atoms with E-state index in [2.05, 4.69) is 5.32 Å². The van der Waals surface area contributed by atoms with Gasteiger partial charge in [0.1, 0.15) is 11.8 Å². The Kier molecular flexibility index (Phi) is 7.87. The van der Waals surface area contributed by atoms with Gasteiger partial charge >= 0.3 is 0 Å². The van der Waals surface area contributed by atoms with Crippen LogP contribution in [-0.4, -0.2) is 35.4 Å². The Morgan fingerprint density at radius 2 is 1.66 bits per heavy atom. The van der Waals surface area contributed by atoms with E-state index in [9.17, 15) is 9.59 Å². The lowest BCUT2D eigenvalue weighted by Crippen LogP contribution is -2.51. The maximum absolute atomic E-state index is 13.4. The largest absolute Gasteiger partial charge is 0.483 e. The molecule has 0 saturated heterocycles. The lowest BCUT2D eigenvalue weighted by molar-refractivity contribution is -0.143. The molecule has 168 valence electrons. The number of benzene rings is 3. The number of aryl methyl sites for hydroxylation is 1. The fourth-order valence-electron chi connectivity index (χ4n) is 3.82. The first kappa shape index (κ1) is 23.3. The molecule has 3 aromatic rings. The Balaban J connectivity index is 1.84. The molecule has 5 heteroatoms. The maximum Gasteiger partial charge on any atom is 0.261 e. The minimum Gasteiger partial charge on any atom is -0.483 e. The zero-order valence-corrected chi connectivity index (χ0v) is 19.3. The summed E-state index contributed by atoms with van der Waals surface area (Å²) in [5.74, 6) is 0.300. The van der Waals surface area contributed by atoms with Gasteiger partial charge in [-0.15, -0.1) is 0 Å². The summed E-state index contributed by atoms with van der Waals surface area (Å²) in [7, 11) is 0. The van der Waals surface area contributed by atoms with Gasteiger partial charge in [-0.2, -0.15) is 0 Å². The zero-order valence-electron chi connectivity index (χ0n) is 19.3. The van der Waals surface area contributed by atoms with Gasteiger partial charge in [0, 0.05) is 18.0 Å². The molecule has 0 saturated carbocycles. The second-order valence-electron chi connectivity index (χ2n) is 8.30. The van der Waals surface area contributed by atoms with Crippen molar-refractivity contribution in [3.8, 4) is 5.75 Å². The molecule has 0 spiro atoms. The monoisotopic (exact) mass is 432 g/mol. The summed E-state index contributed by atoms with van der Waals surface area (Å²) < 4.78 is 5.96. The summed E-state index contributed by atoms with van der Waals surface area (Å²) >= 11 is 0. The predicted molar refractivity (Wildman–Crippen MR) is 129 cm³/mol. The van der Waals surface area contributed by atoms with Crippen LogP contribution in [0.3, 0.4) is 0 Å². The van der Waals surface area contributed by atoms with E-state index in [4.69, 9.17) is 4.74 Å². The lowest BCUT2D eigenvalue weighted by Gasteiger charge is -2.31. The smallest absolute Gasteiger partial charge is 0.261 e. The van der Waals surface area contributed by atoms with Crippen LogP contribution in [0.15, 0.2) is 66.7 Å². The fraction of sp³-hybridized carbons (Fsp3) is 0.333. The van der Waals surface area contributed by atoms with Crippen molar-refractivity contribution in [2.75, 3.05) is 6.61 Å². The Morgan fingerprint density at radius 1 is 0.969 bits per heavy atom. The molecule has 2 amide bonds. The van der Waals surface area contributed by atoms with Crippen LogP contribution in [0.1, 0.15) is 38.3 Å². The Hall–Kier alpha value is -3.34. The molecule has 5 nitrogen and oxygen atoms in total. The summed E-state index contributed by atoms with van der Waals surface area (Å²) in [6.45, 7) is 8.00. The zero-order chi connectivity index (χ0) is 23.1. The van der Waals surface area contributed by atoms with Crippen LogP contribution in [0.2, 0.25) is 0 Å². The third kappa shape index (κ3) is 5.67. The average molecular weight is 433 g/mol. The number of rotatable bonds is 9. The molecule has 1 N–H and O–H groups in total. The van der Waals surface area contributed by atoms with E-state index in [0.717, 1.165) is 21.9 Å². The number of nitrogens with zero attached hydrogens (tertiary/aromatic N) is 1. The predicted octanol–water partition coefficient (Wildman–Crippen LogP) is 4.86. The highest BCUT2D eigenvalue weighted by molar-refractivity contribution is 5.90. The van der Waals surface area contributed by atoms with Crippen molar-refractivity contribution >= 4 is 22.6 Å². The van der Waals surface area contributed by atoms with Gasteiger partial charge in [0.05, 0.1) is 0 Å². The summed E-state index contributed by atoms with van der Waals surface area (Å²) in [5.41, 5.74) is 2.10. The molecule has 32 heavy (non-hydrogen) atoms. The van der Waals surface area contributed by atoms with Crippen molar-refractivity contribution in [2.45, 2.75) is 52.7 Å². The maximum atomic E-state index is 13.4. The number of nitrogens with one attached hydrogen (secondary N) is 1. The average Bonchev–Trinajstić information content (AvgIpc) is 2.78. The van der Waals surface area contributed by atoms with Crippen molar-refractivity contribution in [3.63, 3.8) is 0 Å². The second kappa shape index (κ2) is 10.8. The molecular formula is C27H32N2O3. The first-order valence-electron chi connectivity index (χ1n) is 11.2. The number of carbonyl (C=O) groups is 2. The SMILES string of the molecule is CC[C@@H](C(=O)NC(C)C)N(Cc1ccccc1C)C(=O)COc1cccc2ccccc12. The number of hydrogen-bond acceptors (Lipinski definition) is 3. The number of hydrogen-bond donors (Lipinski definition) is 1. The first-order valence-corrected chi connectivity index (χ1v) is 11.2. The second-order valence-corrected chi connectivity index (χ2v) is 8.30. The van der Waals surface area contributed by atoms with Gasteiger partial charge < -0.3 is 15.0 Å². The molecule has 0 aromatic heterocycles. The summed E-state index contributed by atoms with van der Waals surface area (Å²) in [6.07, 6.45) is 0.518. The van der Waals surface area contributed by atoms with E-state index in [0.29, 0.717) is 18.7 Å². The van der Waals surface area contributed by atoms with Gasteiger partial charge in [0.2, 0.25) is 5.91 Å². The normalized spacial score (nSPS) is 11.9. The van der Waals surface area contributed by atoms with Gasteiger partial charge in [0.15, 0.2) is 6.61 Å². The van der Waals surface area contributed by atoms with E-state index >= 15 is 0 Å². The number of amides is 2. The van der Waals surface area contributed by atoms with Crippen LogP contribution in [0.5, 0.6) is 5.75 Å². The van der Waals surface area contributed by atoms with Gasteiger partial charge in [-0.05, 0) is 49.8 Å². The molecule has 0 unspecified atom stereocenters. The van der Waals surface area contributed by atoms with E-state index in [1.165, 1.54) is 0 Å². The number of ether oxygens (including phenoxy) is 1. The molecule has 0 aliphatic rings. The van der Waals surface area contributed by atoms with Crippen LogP contribution in [0.4, 0.5) is 0 Å². The van der Waals surface area contributed by atoms with Crippen LogP contribution in [0.25, 0.3) is 10.8 Å². The molecule has 0 heterocycles. The molecule has 0 aliphatic carbocycles. The highest BCUT2D eigenvalue weighted by atomic mass is 16.5. The van der Waals surface area contributed by atoms with Crippen molar-refractivity contribution < 1.29 is 14.3 Å². The summed E-state index contributed by atoms with van der Waals surface area (Å²) in [4.78, 5) is 27.9. The highest BCUT2D eigenvalue weighted by Gasteiger charge is 2.29. The third-order valence-corrected chi connectivity index (χ3v) is 5.52. The van der Waals surface area contributed by atoms with Crippen LogP contribution in [0, 0.1) is 6.92 Å². The standard InChI is InChI=1S/C27H32N2O3/c1-5-24(27(31)28-19(2)3)29(17-22-13-7-6-11-20(22)4)26(30)18-32-25-16-10-14-21-12-8-9-15-23(21)25/h6-16,19,24H,5,17-18H2,1-4H3,(H,28,31)/t24-/m0/s1. The fourth-order valence-corrected chi connectivity index (χ4v) is 3.82. The van der Waals surface area contributed by atoms with Crippen LogP contribution in [-0.2, 0) is 16.1 Å². The summed E-state index contributed by atoms with van der Waals surface area (Å²) in [5, 5.41) is 4.96. The minimum atomic E-state index is -0.569. The molecule has 1 atom stereocenters. The van der Waals surface area contributed by atoms with Crippen LogP contribution >= 0.6 is 0 Å². The molecule has 0 bridgehead atoms. The van der Waals surface area contributed by atoms with E-state index in [1.54, 1.807) is 4.90 Å². The molecule has 3 aromatic carbocycles. The molecular weight excluding hydrogens is 400 g/mol. The molecule has 3 rings (SSSR count). The van der Waals surface area contributed by atoms with Gasteiger partial charge in [-0.3, -0.25) is 9.59 Å². The van der Waals surface area contributed by atoms with Gasteiger partial charge in [0.25, 0.3) is 5.91 Å². The highest BCUT2D eigenvalue weighted by Crippen LogP contribution is 2.25.